The Balaban J connectivity index is 2.33. The molecule has 118 valence electrons. The Morgan fingerprint density at radius 1 is 1.09 bits per heavy atom. The molecule has 23 heavy (non-hydrogen) atoms. The summed E-state index contributed by atoms with van der Waals surface area (Å²) in [5, 5.41) is 9.68. The highest BCUT2D eigenvalue weighted by atomic mass is 14.9. The van der Waals surface area contributed by atoms with E-state index in [9.17, 15) is 5.26 Å². The van der Waals surface area contributed by atoms with E-state index >= 15 is 0 Å². The Bertz CT molecular complexity index is 784. The predicted octanol–water partition coefficient (Wildman–Crippen LogP) is 4.48. The molecule has 0 atom stereocenters. The molecule has 0 saturated carbocycles. The lowest BCUT2D eigenvalue weighted by molar-refractivity contribution is 0.610. The molecule has 0 fully saturated rings. The molecule has 1 aromatic heterocycles. The van der Waals surface area contributed by atoms with Crippen molar-refractivity contribution in [3.05, 3.63) is 46.1 Å². The maximum Gasteiger partial charge on any atom is 0.142 e. The van der Waals surface area contributed by atoms with Gasteiger partial charge in [-0.1, -0.05) is 36.6 Å². The quantitative estimate of drug-likeness (QED) is 0.845. The number of anilines is 1. The van der Waals surface area contributed by atoms with E-state index in [0.717, 1.165) is 42.5 Å². The summed E-state index contributed by atoms with van der Waals surface area (Å²) in [6, 6.07) is 8.71. The average Bonchev–Trinajstić information content (AvgIpc) is 2.51. The van der Waals surface area contributed by atoms with E-state index in [4.69, 9.17) is 5.73 Å². The Kier molecular flexibility index (Phi) is 4.34. The van der Waals surface area contributed by atoms with Gasteiger partial charge in [-0.25, -0.2) is 4.98 Å². The van der Waals surface area contributed by atoms with Crippen molar-refractivity contribution in [3.63, 3.8) is 0 Å². The van der Waals surface area contributed by atoms with E-state index in [1.165, 1.54) is 29.5 Å². The Labute approximate surface area is 138 Å². The van der Waals surface area contributed by atoms with Gasteiger partial charge >= 0.3 is 0 Å². The second kappa shape index (κ2) is 6.42. The van der Waals surface area contributed by atoms with Crippen LogP contribution in [0, 0.1) is 25.2 Å². The highest BCUT2D eigenvalue weighted by Gasteiger charge is 2.21. The molecule has 2 N–H and O–H groups in total. The molecule has 1 aliphatic carbocycles. The maximum absolute atomic E-state index is 9.68. The van der Waals surface area contributed by atoms with E-state index in [1.807, 2.05) is 0 Å². The molecule has 1 aliphatic rings. The summed E-state index contributed by atoms with van der Waals surface area (Å²) in [6.07, 6.45) is 6.75. The van der Waals surface area contributed by atoms with Gasteiger partial charge in [0, 0.05) is 11.3 Å². The van der Waals surface area contributed by atoms with Crippen molar-refractivity contribution in [1.29, 1.82) is 5.26 Å². The highest BCUT2D eigenvalue weighted by Crippen LogP contribution is 2.36. The molecule has 3 nitrogen and oxygen atoms in total. The molecule has 0 amide bonds. The van der Waals surface area contributed by atoms with Gasteiger partial charge in [0.2, 0.25) is 0 Å². The molecule has 0 unspecified atom stereocenters. The number of nitrogens with zero attached hydrogens (tertiary/aromatic N) is 2. The summed E-state index contributed by atoms with van der Waals surface area (Å²) < 4.78 is 0. The number of benzene rings is 1. The third-order valence-corrected chi connectivity index (χ3v) is 4.78. The Morgan fingerprint density at radius 2 is 1.83 bits per heavy atom. The number of pyridine rings is 1. The molecule has 0 spiro atoms. The fourth-order valence-corrected chi connectivity index (χ4v) is 3.53. The minimum absolute atomic E-state index is 0.378. The first-order chi connectivity index (χ1) is 11.1. The number of aryl methyl sites for hydroxylation is 3. The third-order valence-electron chi connectivity index (χ3n) is 4.78. The molecule has 1 aromatic carbocycles. The number of nitriles is 1. The summed E-state index contributed by atoms with van der Waals surface area (Å²) in [7, 11) is 0. The van der Waals surface area contributed by atoms with Crippen LogP contribution >= 0.6 is 0 Å². The molecule has 2 aromatic rings. The number of rotatable bonds is 1. The van der Waals surface area contributed by atoms with E-state index < -0.39 is 0 Å². The van der Waals surface area contributed by atoms with Crippen molar-refractivity contribution in [1.82, 2.24) is 4.98 Å². The van der Waals surface area contributed by atoms with Crippen molar-refractivity contribution >= 4 is 5.82 Å². The first-order valence-electron chi connectivity index (χ1n) is 8.40. The summed E-state index contributed by atoms with van der Waals surface area (Å²) in [4.78, 5) is 4.58. The van der Waals surface area contributed by atoms with E-state index in [0.29, 0.717) is 11.4 Å². The minimum Gasteiger partial charge on any atom is -0.383 e. The normalized spacial score (nSPS) is 14.5. The number of aromatic nitrogens is 1. The molecule has 1 heterocycles. The minimum atomic E-state index is 0.378. The van der Waals surface area contributed by atoms with Crippen molar-refractivity contribution in [2.75, 3.05) is 5.73 Å². The van der Waals surface area contributed by atoms with Crippen LogP contribution in [0.2, 0.25) is 0 Å². The number of fused-ring (bicyclic) bond motifs is 1. The van der Waals surface area contributed by atoms with E-state index in [2.05, 4.69) is 43.1 Å². The smallest absolute Gasteiger partial charge is 0.142 e. The van der Waals surface area contributed by atoms with Crippen LogP contribution in [-0.2, 0) is 12.8 Å². The van der Waals surface area contributed by atoms with Crippen molar-refractivity contribution in [3.8, 4) is 17.2 Å². The molecular formula is C20H23N3. The monoisotopic (exact) mass is 305 g/mol. The summed E-state index contributed by atoms with van der Waals surface area (Å²) >= 11 is 0. The number of nitrogen functional groups attached to an aromatic ring is 1. The first kappa shape index (κ1) is 15.6. The highest BCUT2D eigenvalue weighted by molar-refractivity contribution is 5.81. The summed E-state index contributed by atoms with van der Waals surface area (Å²) in [6.45, 7) is 4.19. The number of hydrogen-bond acceptors (Lipinski definition) is 3. The third kappa shape index (κ3) is 2.94. The number of hydrogen-bond donors (Lipinski definition) is 1. The second-order valence-electron chi connectivity index (χ2n) is 6.52. The van der Waals surface area contributed by atoms with E-state index in [-0.39, 0.29) is 0 Å². The Morgan fingerprint density at radius 3 is 2.57 bits per heavy atom. The topological polar surface area (TPSA) is 62.7 Å². The molecular weight excluding hydrogens is 282 g/mol. The van der Waals surface area contributed by atoms with Crippen LogP contribution in [0.15, 0.2) is 18.2 Å². The van der Waals surface area contributed by atoms with Crippen LogP contribution in [-0.4, -0.2) is 4.98 Å². The first-order valence-corrected chi connectivity index (χ1v) is 8.40. The standard InChI is InChI=1S/C20H23N3/c1-13-9-10-14(2)16(11-13)19-15-7-5-3-4-6-8-18(15)23-20(22)17(19)12-21/h9-11H,3-8H2,1-2H3,(H2,22,23). The van der Waals surface area contributed by atoms with Gasteiger partial charge in [-0.15, -0.1) is 0 Å². The van der Waals surface area contributed by atoms with Crippen molar-refractivity contribution in [2.45, 2.75) is 52.4 Å². The molecule has 0 aliphatic heterocycles. The average molecular weight is 305 g/mol. The van der Waals surface area contributed by atoms with Gasteiger partial charge < -0.3 is 5.73 Å². The zero-order chi connectivity index (χ0) is 16.4. The van der Waals surface area contributed by atoms with Gasteiger partial charge in [-0.2, -0.15) is 5.26 Å². The summed E-state index contributed by atoms with van der Waals surface area (Å²) in [5.41, 5.74) is 13.6. The van der Waals surface area contributed by atoms with Gasteiger partial charge in [0.1, 0.15) is 17.5 Å². The number of nitrogens with two attached hydrogens (primary N) is 1. The van der Waals surface area contributed by atoms with Gasteiger partial charge in [0.15, 0.2) is 0 Å². The van der Waals surface area contributed by atoms with Crippen LogP contribution in [0.3, 0.4) is 0 Å². The molecule has 0 radical (unpaired) electrons. The molecule has 0 saturated heterocycles. The Hall–Kier alpha value is -2.34. The maximum atomic E-state index is 9.68. The van der Waals surface area contributed by atoms with Crippen LogP contribution in [0.1, 0.15) is 53.6 Å². The largest absolute Gasteiger partial charge is 0.383 e. The fraction of sp³-hybridized carbons (Fsp3) is 0.400. The second-order valence-corrected chi connectivity index (χ2v) is 6.52. The van der Waals surface area contributed by atoms with Crippen LogP contribution in [0.25, 0.3) is 11.1 Å². The van der Waals surface area contributed by atoms with Gasteiger partial charge in [-0.3, -0.25) is 0 Å². The van der Waals surface area contributed by atoms with Crippen LogP contribution in [0.5, 0.6) is 0 Å². The fourth-order valence-electron chi connectivity index (χ4n) is 3.53. The summed E-state index contributed by atoms with van der Waals surface area (Å²) in [5.74, 6) is 0.378. The molecule has 3 rings (SSSR count). The zero-order valence-corrected chi connectivity index (χ0v) is 13.9. The van der Waals surface area contributed by atoms with Gasteiger partial charge in [0.25, 0.3) is 0 Å². The van der Waals surface area contributed by atoms with Gasteiger partial charge in [-0.05, 0) is 56.2 Å². The lowest BCUT2D eigenvalue weighted by Crippen LogP contribution is -2.10. The lowest BCUT2D eigenvalue weighted by atomic mass is 9.86. The molecule has 0 bridgehead atoms. The predicted molar refractivity (Wildman–Crippen MR) is 94.2 cm³/mol. The van der Waals surface area contributed by atoms with Gasteiger partial charge in [0.05, 0.1) is 0 Å². The SMILES string of the molecule is Cc1ccc(C)c(-c2c(C#N)c(N)nc3c2CCCCCC3)c1. The van der Waals surface area contributed by atoms with Crippen molar-refractivity contribution < 1.29 is 0 Å². The van der Waals surface area contributed by atoms with Crippen LogP contribution in [0.4, 0.5) is 5.82 Å². The van der Waals surface area contributed by atoms with Crippen molar-refractivity contribution in [2.24, 2.45) is 0 Å². The lowest BCUT2D eigenvalue weighted by Gasteiger charge is -2.21. The molecule has 3 heteroatoms. The van der Waals surface area contributed by atoms with Crippen LogP contribution < -0.4 is 5.73 Å². The zero-order valence-electron chi connectivity index (χ0n) is 13.9. The van der Waals surface area contributed by atoms with E-state index in [1.54, 1.807) is 0 Å².